The second kappa shape index (κ2) is 10.6. The van der Waals surface area contributed by atoms with Crippen LogP contribution in [0.25, 0.3) is 6.08 Å². The van der Waals surface area contributed by atoms with Crippen molar-refractivity contribution in [3.8, 4) is 23.0 Å². The average molecular weight is 446 g/mol. The van der Waals surface area contributed by atoms with Crippen molar-refractivity contribution < 1.29 is 23.7 Å². The van der Waals surface area contributed by atoms with Crippen LogP contribution in [0.2, 0.25) is 0 Å². The summed E-state index contributed by atoms with van der Waals surface area (Å²) in [4.78, 5) is 15.2. The van der Waals surface area contributed by atoms with Gasteiger partial charge in [-0.15, -0.1) is 12.4 Å². The Bertz CT molecular complexity index is 953. The Kier molecular flexibility index (Phi) is 7.82. The molecular formula is C24H28ClNO5. The quantitative estimate of drug-likeness (QED) is 0.437. The minimum atomic E-state index is -0.157. The van der Waals surface area contributed by atoms with E-state index >= 15 is 0 Å². The molecule has 2 heterocycles. The van der Waals surface area contributed by atoms with Crippen molar-refractivity contribution in [3.63, 3.8) is 0 Å². The molecule has 166 valence electrons. The Hall–Kier alpha value is -2.70. The number of ketones is 1. The van der Waals surface area contributed by atoms with E-state index in [0.29, 0.717) is 40.7 Å². The molecule has 6 nitrogen and oxygen atoms in total. The van der Waals surface area contributed by atoms with E-state index in [4.69, 9.17) is 18.9 Å². The molecular weight excluding hydrogens is 418 g/mol. The third-order valence-electron chi connectivity index (χ3n) is 5.45. The SMILES string of the molecule is COc1ccc(OC)c(/C=C2\Oc3cc(OCCCN4CCCC4)ccc3C2=O)c1.Cl. The van der Waals surface area contributed by atoms with E-state index in [1.165, 1.54) is 25.9 Å². The topological polar surface area (TPSA) is 57.2 Å². The highest BCUT2D eigenvalue weighted by Crippen LogP contribution is 2.36. The summed E-state index contributed by atoms with van der Waals surface area (Å²) in [5.41, 5.74) is 1.25. The summed E-state index contributed by atoms with van der Waals surface area (Å²) >= 11 is 0. The number of Topliss-reactive ketones (excluding diaryl/α,β-unsaturated/α-hetero) is 1. The fraction of sp³-hybridized carbons (Fsp3) is 0.375. The van der Waals surface area contributed by atoms with Crippen molar-refractivity contribution >= 4 is 24.3 Å². The Morgan fingerprint density at radius 3 is 2.55 bits per heavy atom. The summed E-state index contributed by atoms with van der Waals surface area (Å²) in [6.45, 7) is 4.10. The lowest BCUT2D eigenvalue weighted by atomic mass is 10.1. The molecule has 2 aromatic rings. The van der Waals surface area contributed by atoms with Gasteiger partial charge in [-0.3, -0.25) is 4.79 Å². The highest BCUT2D eigenvalue weighted by Gasteiger charge is 2.28. The zero-order valence-electron chi connectivity index (χ0n) is 17.9. The number of benzene rings is 2. The molecule has 1 fully saturated rings. The molecule has 0 amide bonds. The Morgan fingerprint density at radius 1 is 1.03 bits per heavy atom. The molecule has 0 unspecified atom stereocenters. The molecule has 0 spiro atoms. The molecule has 0 saturated carbocycles. The molecule has 0 aromatic heterocycles. The van der Waals surface area contributed by atoms with Crippen LogP contribution < -0.4 is 18.9 Å². The molecule has 0 radical (unpaired) electrons. The summed E-state index contributed by atoms with van der Waals surface area (Å²) < 4.78 is 22.4. The molecule has 2 aromatic carbocycles. The summed E-state index contributed by atoms with van der Waals surface area (Å²) in [5.74, 6) is 2.64. The number of methoxy groups -OCH3 is 2. The maximum atomic E-state index is 12.8. The van der Waals surface area contributed by atoms with Crippen LogP contribution in [0.4, 0.5) is 0 Å². The molecule has 0 bridgehead atoms. The van der Waals surface area contributed by atoms with Gasteiger partial charge in [-0.1, -0.05) is 0 Å². The predicted molar refractivity (Wildman–Crippen MR) is 122 cm³/mol. The normalized spacial score (nSPS) is 16.6. The lowest BCUT2D eigenvalue weighted by Crippen LogP contribution is -2.21. The lowest BCUT2D eigenvalue weighted by molar-refractivity contribution is 0.101. The van der Waals surface area contributed by atoms with Crippen molar-refractivity contribution in [1.29, 1.82) is 0 Å². The number of likely N-dealkylation sites (tertiary alicyclic amines) is 1. The first-order valence-electron chi connectivity index (χ1n) is 10.3. The van der Waals surface area contributed by atoms with E-state index in [0.717, 1.165) is 13.0 Å². The smallest absolute Gasteiger partial charge is 0.231 e. The number of hydrogen-bond donors (Lipinski definition) is 0. The monoisotopic (exact) mass is 445 g/mol. The van der Waals surface area contributed by atoms with Crippen LogP contribution >= 0.6 is 12.4 Å². The molecule has 31 heavy (non-hydrogen) atoms. The molecule has 1 saturated heterocycles. The first-order valence-corrected chi connectivity index (χ1v) is 10.3. The lowest BCUT2D eigenvalue weighted by Gasteiger charge is -2.14. The van der Waals surface area contributed by atoms with Crippen LogP contribution in [0.15, 0.2) is 42.2 Å². The third-order valence-corrected chi connectivity index (χ3v) is 5.45. The van der Waals surface area contributed by atoms with Gasteiger partial charge >= 0.3 is 0 Å². The number of allylic oxidation sites excluding steroid dienone is 1. The maximum absolute atomic E-state index is 12.8. The number of halogens is 1. The van der Waals surface area contributed by atoms with Crippen molar-refractivity contribution in [2.24, 2.45) is 0 Å². The van der Waals surface area contributed by atoms with Crippen LogP contribution in [0.3, 0.4) is 0 Å². The fourth-order valence-electron chi connectivity index (χ4n) is 3.83. The highest BCUT2D eigenvalue weighted by molar-refractivity contribution is 6.14. The van der Waals surface area contributed by atoms with Crippen LogP contribution in [0.5, 0.6) is 23.0 Å². The standard InChI is InChI=1S/C24H27NO5.ClH/c1-27-18-7-9-21(28-2)17(14-18)15-23-24(26)20-8-6-19(16-22(20)30-23)29-13-5-12-25-10-3-4-11-25;/h6-9,14-16H,3-5,10-13H2,1-2H3;1H/b23-15-;. The average Bonchev–Trinajstić information content (AvgIpc) is 3.39. The predicted octanol–water partition coefficient (Wildman–Crippen LogP) is 4.61. The Balaban J connectivity index is 0.00000272. The number of fused-ring (bicyclic) bond motifs is 1. The van der Waals surface area contributed by atoms with Crippen LogP contribution in [-0.4, -0.2) is 51.1 Å². The van der Waals surface area contributed by atoms with E-state index in [1.807, 2.05) is 6.07 Å². The van der Waals surface area contributed by atoms with Gasteiger partial charge in [0, 0.05) is 18.2 Å². The van der Waals surface area contributed by atoms with Gasteiger partial charge in [-0.25, -0.2) is 0 Å². The van der Waals surface area contributed by atoms with E-state index in [9.17, 15) is 4.79 Å². The number of rotatable bonds is 8. The van der Waals surface area contributed by atoms with Gasteiger partial charge in [0.05, 0.1) is 26.4 Å². The summed E-state index contributed by atoms with van der Waals surface area (Å²) in [6.07, 6.45) is 5.26. The molecule has 4 rings (SSSR count). The second-order valence-electron chi connectivity index (χ2n) is 7.46. The second-order valence-corrected chi connectivity index (χ2v) is 7.46. The van der Waals surface area contributed by atoms with Gasteiger partial charge in [-0.2, -0.15) is 0 Å². The van der Waals surface area contributed by atoms with E-state index in [-0.39, 0.29) is 23.9 Å². The van der Waals surface area contributed by atoms with Gasteiger partial charge in [0.1, 0.15) is 23.0 Å². The molecule has 2 aliphatic rings. The fourth-order valence-corrected chi connectivity index (χ4v) is 3.83. The van der Waals surface area contributed by atoms with E-state index in [2.05, 4.69) is 4.90 Å². The summed E-state index contributed by atoms with van der Waals surface area (Å²) in [7, 11) is 3.18. The third kappa shape index (κ3) is 5.32. The number of nitrogens with zero attached hydrogens (tertiary/aromatic N) is 1. The van der Waals surface area contributed by atoms with E-state index < -0.39 is 0 Å². The first kappa shape index (κ1) is 23.0. The van der Waals surface area contributed by atoms with E-state index in [1.54, 1.807) is 50.6 Å². The number of carbonyl (C=O) groups excluding carboxylic acids is 1. The van der Waals surface area contributed by atoms with Crippen LogP contribution in [-0.2, 0) is 0 Å². The van der Waals surface area contributed by atoms with Crippen molar-refractivity contribution in [3.05, 3.63) is 53.3 Å². The van der Waals surface area contributed by atoms with Gasteiger partial charge in [0.25, 0.3) is 0 Å². The maximum Gasteiger partial charge on any atom is 0.231 e. The van der Waals surface area contributed by atoms with Crippen LogP contribution in [0, 0.1) is 0 Å². The van der Waals surface area contributed by atoms with Gasteiger partial charge in [0.15, 0.2) is 5.76 Å². The molecule has 0 N–H and O–H groups in total. The Labute approximate surface area is 189 Å². The molecule has 2 aliphatic heterocycles. The Morgan fingerprint density at radius 2 is 1.81 bits per heavy atom. The zero-order chi connectivity index (χ0) is 20.9. The minimum absolute atomic E-state index is 0. The van der Waals surface area contributed by atoms with Crippen LogP contribution in [0.1, 0.15) is 35.2 Å². The number of hydrogen-bond acceptors (Lipinski definition) is 6. The van der Waals surface area contributed by atoms with Gasteiger partial charge in [0.2, 0.25) is 5.78 Å². The van der Waals surface area contributed by atoms with Gasteiger partial charge in [-0.05, 0) is 68.8 Å². The molecule has 0 aliphatic carbocycles. The van der Waals surface area contributed by atoms with Gasteiger partial charge < -0.3 is 23.8 Å². The largest absolute Gasteiger partial charge is 0.497 e. The summed E-state index contributed by atoms with van der Waals surface area (Å²) in [5, 5.41) is 0. The molecule has 7 heteroatoms. The highest BCUT2D eigenvalue weighted by atomic mass is 35.5. The van der Waals surface area contributed by atoms with Crippen molar-refractivity contribution in [1.82, 2.24) is 4.90 Å². The summed E-state index contributed by atoms with van der Waals surface area (Å²) in [6, 6.07) is 10.8. The first-order chi connectivity index (χ1) is 14.7. The number of ether oxygens (including phenoxy) is 4. The minimum Gasteiger partial charge on any atom is -0.497 e. The zero-order valence-corrected chi connectivity index (χ0v) is 18.7. The number of carbonyl (C=O) groups is 1. The molecule has 0 atom stereocenters. The van der Waals surface area contributed by atoms with Crippen molar-refractivity contribution in [2.75, 3.05) is 40.5 Å². The van der Waals surface area contributed by atoms with Crippen molar-refractivity contribution in [2.45, 2.75) is 19.3 Å².